The largest absolute Gasteiger partial charge is 0.380 e. The van der Waals surface area contributed by atoms with Crippen molar-refractivity contribution in [2.24, 2.45) is 0 Å². The lowest BCUT2D eigenvalue weighted by Gasteiger charge is -2.21. The van der Waals surface area contributed by atoms with Crippen LogP contribution in [0.5, 0.6) is 0 Å². The highest BCUT2D eigenvalue weighted by atomic mass is 16.5. The van der Waals surface area contributed by atoms with E-state index in [2.05, 4.69) is 19.2 Å². The van der Waals surface area contributed by atoms with Gasteiger partial charge in [-0.15, -0.1) is 0 Å². The number of nitrogens with one attached hydrogen (secondary N) is 1. The fourth-order valence-electron chi connectivity index (χ4n) is 2.19. The van der Waals surface area contributed by atoms with E-state index in [1.807, 2.05) is 0 Å². The molecular weight excluding hydrogens is 174 g/mol. The predicted octanol–water partition coefficient (Wildman–Crippen LogP) is 2.72. The van der Waals surface area contributed by atoms with Crippen molar-refractivity contribution >= 4 is 0 Å². The predicted molar refractivity (Wildman–Crippen MR) is 60.6 cm³/mol. The first-order valence-corrected chi connectivity index (χ1v) is 6.16. The van der Waals surface area contributed by atoms with Crippen LogP contribution in [0.3, 0.4) is 0 Å². The molecule has 0 heterocycles. The fourth-order valence-corrected chi connectivity index (χ4v) is 2.19. The van der Waals surface area contributed by atoms with Crippen LogP contribution < -0.4 is 5.32 Å². The topological polar surface area (TPSA) is 21.3 Å². The Labute approximate surface area is 88.4 Å². The van der Waals surface area contributed by atoms with Gasteiger partial charge in [0.05, 0.1) is 6.61 Å². The van der Waals surface area contributed by atoms with Crippen molar-refractivity contribution in [3.8, 4) is 0 Å². The van der Waals surface area contributed by atoms with Crippen LogP contribution >= 0.6 is 0 Å². The second-order valence-corrected chi connectivity index (χ2v) is 4.42. The van der Waals surface area contributed by atoms with Crippen LogP contribution in [0.2, 0.25) is 0 Å². The molecule has 0 saturated heterocycles. The van der Waals surface area contributed by atoms with E-state index in [1.165, 1.54) is 38.5 Å². The average molecular weight is 199 g/mol. The second kappa shape index (κ2) is 7.24. The summed E-state index contributed by atoms with van der Waals surface area (Å²) in [6.07, 6.45) is 8.38. The molecule has 84 valence electrons. The van der Waals surface area contributed by atoms with Gasteiger partial charge in [0.15, 0.2) is 0 Å². The van der Waals surface area contributed by atoms with Crippen LogP contribution in [-0.4, -0.2) is 25.3 Å². The molecule has 1 aliphatic rings. The quantitative estimate of drug-likeness (QED) is 0.687. The maximum Gasteiger partial charge on any atom is 0.0616 e. The highest BCUT2D eigenvalue weighted by Gasteiger charge is 2.13. The second-order valence-electron chi connectivity index (χ2n) is 4.42. The summed E-state index contributed by atoms with van der Waals surface area (Å²) in [6.45, 7) is 5.96. The molecule has 1 unspecified atom stereocenters. The summed E-state index contributed by atoms with van der Waals surface area (Å²) in [5, 5.41) is 3.67. The van der Waals surface area contributed by atoms with Gasteiger partial charge in [0.25, 0.3) is 0 Å². The van der Waals surface area contributed by atoms with Crippen LogP contribution in [0, 0.1) is 0 Å². The third kappa shape index (κ3) is 4.97. The van der Waals surface area contributed by atoms with Crippen molar-refractivity contribution in [1.82, 2.24) is 5.32 Å². The summed E-state index contributed by atoms with van der Waals surface area (Å²) >= 11 is 0. The summed E-state index contributed by atoms with van der Waals surface area (Å²) < 4.78 is 5.41. The molecule has 0 aromatic rings. The first-order chi connectivity index (χ1) is 6.83. The zero-order chi connectivity index (χ0) is 10.2. The Morgan fingerprint density at radius 1 is 1.21 bits per heavy atom. The van der Waals surface area contributed by atoms with Gasteiger partial charge in [0, 0.05) is 18.7 Å². The molecule has 2 heteroatoms. The molecule has 0 aliphatic heterocycles. The molecular formula is C12H25NO. The van der Waals surface area contributed by atoms with E-state index in [0.717, 1.165) is 19.3 Å². The van der Waals surface area contributed by atoms with Gasteiger partial charge >= 0.3 is 0 Å². The molecule has 2 nitrogen and oxygen atoms in total. The van der Waals surface area contributed by atoms with Crippen LogP contribution in [-0.2, 0) is 4.74 Å². The van der Waals surface area contributed by atoms with Gasteiger partial charge in [-0.3, -0.25) is 0 Å². The molecule has 1 fully saturated rings. The molecule has 1 rings (SSSR count). The Morgan fingerprint density at radius 2 is 1.86 bits per heavy atom. The van der Waals surface area contributed by atoms with Gasteiger partial charge < -0.3 is 10.1 Å². The zero-order valence-corrected chi connectivity index (χ0v) is 9.72. The van der Waals surface area contributed by atoms with Gasteiger partial charge in [-0.25, -0.2) is 0 Å². The number of hydrogen-bond acceptors (Lipinski definition) is 2. The lowest BCUT2D eigenvalue weighted by atomic mass is 10.1. The van der Waals surface area contributed by atoms with E-state index >= 15 is 0 Å². The fraction of sp³-hybridized carbons (Fsp3) is 1.00. The van der Waals surface area contributed by atoms with Gasteiger partial charge in [-0.2, -0.15) is 0 Å². The Morgan fingerprint density at radius 3 is 2.43 bits per heavy atom. The zero-order valence-electron chi connectivity index (χ0n) is 9.72. The summed E-state index contributed by atoms with van der Waals surface area (Å²) in [6, 6.07) is 1.26. The molecule has 0 radical (unpaired) electrons. The van der Waals surface area contributed by atoms with E-state index in [9.17, 15) is 0 Å². The third-order valence-electron chi connectivity index (χ3n) is 2.95. The van der Waals surface area contributed by atoms with E-state index in [0.29, 0.717) is 6.04 Å². The van der Waals surface area contributed by atoms with E-state index in [1.54, 1.807) is 0 Å². The normalized spacial score (nSPS) is 21.9. The summed E-state index contributed by atoms with van der Waals surface area (Å²) in [7, 11) is 0. The molecule has 0 amide bonds. The van der Waals surface area contributed by atoms with E-state index in [-0.39, 0.29) is 0 Å². The highest BCUT2D eigenvalue weighted by Crippen LogP contribution is 2.17. The summed E-state index contributed by atoms with van der Waals surface area (Å²) in [4.78, 5) is 0. The minimum atomic E-state index is 0.512. The van der Waals surface area contributed by atoms with Gasteiger partial charge in [0.1, 0.15) is 0 Å². The summed E-state index contributed by atoms with van der Waals surface area (Å²) in [5.74, 6) is 0. The minimum Gasteiger partial charge on any atom is -0.380 e. The van der Waals surface area contributed by atoms with Crippen LogP contribution in [0.4, 0.5) is 0 Å². The van der Waals surface area contributed by atoms with Gasteiger partial charge in [-0.05, 0) is 26.7 Å². The maximum atomic E-state index is 5.41. The lowest BCUT2D eigenvalue weighted by molar-refractivity contribution is 0.122. The Balaban J connectivity index is 2.13. The minimum absolute atomic E-state index is 0.512. The number of hydrogen-bond donors (Lipinski definition) is 1. The molecule has 1 saturated carbocycles. The first kappa shape index (κ1) is 12.0. The monoisotopic (exact) mass is 199 g/mol. The number of ether oxygens (including phenoxy) is 1. The molecule has 1 aliphatic carbocycles. The van der Waals surface area contributed by atoms with E-state index in [4.69, 9.17) is 4.74 Å². The maximum absolute atomic E-state index is 5.41. The van der Waals surface area contributed by atoms with Crippen molar-refractivity contribution in [3.05, 3.63) is 0 Å². The molecule has 1 atom stereocenters. The van der Waals surface area contributed by atoms with Gasteiger partial charge in [-0.1, -0.05) is 25.7 Å². The Hall–Kier alpha value is -0.0800. The Kier molecular flexibility index (Phi) is 6.20. The molecule has 0 aromatic carbocycles. The van der Waals surface area contributed by atoms with Gasteiger partial charge in [0.2, 0.25) is 0 Å². The van der Waals surface area contributed by atoms with E-state index < -0.39 is 0 Å². The molecule has 0 bridgehead atoms. The summed E-state index contributed by atoms with van der Waals surface area (Å²) in [5.41, 5.74) is 0. The first-order valence-electron chi connectivity index (χ1n) is 6.16. The average Bonchev–Trinajstić information content (AvgIpc) is 2.43. The molecule has 0 aromatic heterocycles. The number of rotatable bonds is 5. The van der Waals surface area contributed by atoms with Crippen molar-refractivity contribution in [2.75, 3.05) is 13.2 Å². The van der Waals surface area contributed by atoms with Crippen LogP contribution in [0.15, 0.2) is 0 Å². The highest BCUT2D eigenvalue weighted by molar-refractivity contribution is 4.73. The SMILES string of the molecule is CCOCC(C)NC1CCCCCC1. The van der Waals surface area contributed by atoms with Crippen LogP contribution in [0.1, 0.15) is 52.4 Å². The van der Waals surface area contributed by atoms with Crippen LogP contribution in [0.25, 0.3) is 0 Å². The van der Waals surface area contributed by atoms with Crippen molar-refractivity contribution in [3.63, 3.8) is 0 Å². The van der Waals surface area contributed by atoms with Crippen molar-refractivity contribution < 1.29 is 4.74 Å². The smallest absolute Gasteiger partial charge is 0.0616 e. The van der Waals surface area contributed by atoms with Crippen molar-refractivity contribution in [2.45, 2.75) is 64.5 Å². The molecule has 14 heavy (non-hydrogen) atoms. The van der Waals surface area contributed by atoms with Crippen molar-refractivity contribution in [1.29, 1.82) is 0 Å². The Bertz CT molecular complexity index is 130. The third-order valence-corrected chi connectivity index (χ3v) is 2.95. The molecule has 0 spiro atoms. The molecule has 1 N–H and O–H groups in total. The lowest BCUT2D eigenvalue weighted by Crippen LogP contribution is -2.38. The standard InChI is InChI=1S/C12H25NO/c1-3-14-10-11(2)13-12-8-6-4-5-7-9-12/h11-13H,3-10H2,1-2H3.